The maximum absolute atomic E-state index is 7.00. The topological polar surface area (TPSA) is 20.2 Å². The Morgan fingerprint density at radius 2 is 1.19 bits per heavy atom. The molecule has 1 nitrogen and oxygen atoms in total. The van der Waals surface area contributed by atoms with E-state index in [0.29, 0.717) is 0 Å². The first-order valence-corrected chi connectivity index (χ1v) is 4.60. The van der Waals surface area contributed by atoms with E-state index < -0.39 is 0 Å². The maximum atomic E-state index is 7.00. The van der Waals surface area contributed by atoms with Crippen molar-refractivity contribution in [1.82, 2.24) is 0 Å². The minimum absolute atomic E-state index is 0. The van der Waals surface area contributed by atoms with Crippen LogP contribution in [0.3, 0.4) is 0 Å². The van der Waals surface area contributed by atoms with Crippen molar-refractivity contribution in [2.75, 3.05) is 7.11 Å². The molecule has 0 unspecified atom stereocenters. The van der Waals surface area contributed by atoms with Crippen molar-refractivity contribution in [3.63, 3.8) is 0 Å². The van der Waals surface area contributed by atoms with Crippen molar-refractivity contribution in [2.45, 2.75) is 13.8 Å². The molecule has 0 saturated carbocycles. The van der Waals surface area contributed by atoms with Gasteiger partial charge in [0, 0.05) is 33.0 Å². The van der Waals surface area contributed by atoms with Crippen molar-refractivity contribution in [3.05, 3.63) is 67.1 Å². The molecule has 90 valence electrons. The Balaban J connectivity index is -0.000000165. The first-order chi connectivity index (χ1) is 6.79. The van der Waals surface area contributed by atoms with Gasteiger partial charge in [-0.3, -0.25) is 0 Å². The summed E-state index contributed by atoms with van der Waals surface area (Å²) in [5, 5.41) is 7.00. The molecule has 16 heavy (non-hydrogen) atoms. The normalized spacial score (nSPS) is 7.00. The molecular formula is C14H21HfO-3. The van der Waals surface area contributed by atoms with Crippen LogP contribution in [0.2, 0.25) is 0 Å². The quantitative estimate of drug-likeness (QED) is 0.545. The Hall–Kier alpha value is -0.470. The molecule has 0 amide bonds. The van der Waals surface area contributed by atoms with Gasteiger partial charge >= 0.3 is 0 Å². The summed E-state index contributed by atoms with van der Waals surface area (Å²) in [7, 11) is 1.00. The van der Waals surface area contributed by atoms with Gasteiger partial charge in [-0.15, -0.1) is 0 Å². The Bertz CT molecular complexity index is 250. The predicted octanol–water partition coefficient (Wildman–Crippen LogP) is 3.48. The van der Waals surface area contributed by atoms with Crippen LogP contribution in [-0.4, -0.2) is 12.2 Å². The van der Waals surface area contributed by atoms with Gasteiger partial charge in [0.25, 0.3) is 0 Å². The molecular weight excluding hydrogens is 363 g/mol. The van der Waals surface area contributed by atoms with Crippen LogP contribution in [0, 0.1) is 21.3 Å². The SMILES string of the molecule is CO.Cc1ccc[cH-]1.Cc1ccc[cH-]1.[CH3-].[Hf]. The smallest absolute Gasteiger partial charge is 0.0319 e. The molecule has 0 saturated heterocycles. The summed E-state index contributed by atoms with van der Waals surface area (Å²) < 4.78 is 0. The molecule has 0 aliphatic carbocycles. The molecule has 0 aliphatic heterocycles. The van der Waals surface area contributed by atoms with Gasteiger partial charge in [0.2, 0.25) is 0 Å². The monoisotopic (exact) mass is 385 g/mol. The summed E-state index contributed by atoms with van der Waals surface area (Å²) in [4.78, 5) is 0. The molecule has 0 radical (unpaired) electrons. The van der Waals surface area contributed by atoms with E-state index in [1.807, 2.05) is 24.3 Å². The van der Waals surface area contributed by atoms with Crippen molar-refractivity contribution in [2.24, 2.45) is 0 Å². The average Bonchev–Trinajstić information content (AvgIpc) is 2.83. The van der Waals surface area contributed by atoms with E-state index in [-0.39, 0.29) is 33.3 Å². The minimum Gasteiger partial charge on any atom is -0.400 e. The molecule has 1 N–H and O–H groups in total. The van der Waals surface area contributed by atoms with Crippen molar-refractivity contribution in [3.8, 4) is 0 Å². The van der Waals surface area contributed by atoms with E-state index in [2.05, 4.69) is 38.1 Å². The van der Waals surface area contributed by atoms with E-state index in [1.54, 1.807) is 0 Å². The number of aliphatic hydroxyl groups excluding tert-OH is 1. The third-order valence-corrected chi connectivity index (χ3v) is 1.66. The van der Waals surface area contributed by atoms with E-state index in [1.165, 1.54) is 11.1 Å². The van der Waals surface area contributed by atoms with Gasteiger partial charge in [-0.2, -0.15) is 35.4 Å². The second-order valence-corrected chi connectivity index (χ2v) is 2.92. The van der Waals surface area contributed by atoms with Gasteiger partial charge in [-0.25, -0.2) is 24.3 Å². The van der Waals surface area contributed by atoms with Crippen molar-refractivity contribution < 1.29 is 30.9 Å². The molecule has 0 fully saturated rings. The second-order valence-electron chi connectivity index (χ2n) is 2.92. The Labute approximate surface area is 119 Å². The summed E-state index contributed by atoms with van der Waals surface area (Å²) in [5.41, 5.74) is 2.69. The first kappa shape index (κ1) is 20.9. The fraction of sp³-hybridized carbons (Fsp3) is 0.214. The maximum Gasteiger partial charge on any atom is 0.0319 e. The van der Waals surface area contributed by atoms with Crippen LogP contribution in [-0.2, 0) is 25.8 Å². The fourth-order valence-corrected chi connectivity index (χ4v) is 0.940. The standard InChI is InChI=1S/2C6H7.CH4O.CH3.Hf/c2*1-6-4-2-3-5-6;1-2;;/h2*2-5H,1H3;2H,1H3;1H3;/q2*-1;;-1;. The number of aliphatic hydroxyl groups is 1. The van der Waals surface area contributed by atoms with Crippen LogP contribution in [0.1, 0.15) is 11.1 Å². The number of aryl methyl sites for hydroxylation is 2. The zero-order valence-electron chi connectivity index (χ0n) is 10.6. The Kier molecular flexibility index (Phi) is 19.0. The van der Waals surface area contributed by atoms with Gasteiger partial charge in [0.1, 0.15) is 0 Å². The molecule has 0 bridgehead atoms. The molecule has 2 aromatic rings. The Morgan fingerprint density at radius 3 is 1.25 bits per heavy atom. The van der Waals surface area contributed by atoms with Gasteiger partial charge in [0.05, 0.1) is 0 Å². The molecule has 2 heteroatoms. The van der Waals surface area contributed by atoms with Crippen LogP contribution in [0.15, 0.2) is 48.5 Å². The molecule has 0 aromatic heterocycles. The molecule has 0 aliphatic rings. The van der Waals surface area contributed by atoms with E-state index in [0.717, 1.165) is 7.11 Å². The third kappa shape index (κ3) is 11.6. The molecule has 2 rings (SSSR count). The molecule has 0 atom stereocenters. The summed E-state index contributed by atoms with van der Waals surface area (Å²) in [6.07, 6.45) is 0. The number of hydrogen-bond acceptors (Lipinski definition) is 1. The summed E-state index contributed by atoms with van der Waals surface area (Å²) >= 11 is 0. The van der Waals surface area contributed by atoms with E-state index >= 15 is 0 Å². The average molecular weight is 384 g/mol. The predicted molar refractivity (Wildman–Crippen MR) is 68.1 cm³/mol. The van der Waals surface area contributed by atoms with Crippen LogP contribution in [0.25, 0.3) is 0 Å². The summed E-state index contributed by atoms with van der Waals surface area (Å²) in [6, 6.07) is 16.5. The van der Waals surface area contributed by atoms with Gasteiger partial charge in [0.15, 0.2) is 0 Å². The summed E-state index contributed by atoms with van der Waals surface area (Å²) in [5.74, 6) is 0. The van der Waals surface area contributed by atoms with Crippen LogP contribution < -0.4 is 0 Å². The van der Waals surface area contributed by atoms with Crippen LogP contribution >= 0.6 is 0 Å². The van der Waals surface area contributed by atoms with Crippen molar-refractivity contribution in [1.29, 1.82) is 0 Å². The van der Waals surface area contributed by atoms with Gasteiger partial charge in [-0.1, -0.05) is 13.8 Å². The first-order valence-electron chi connectivity index (χ1n) is 4.60. The largest absolute Gasteiger partial charge is 0.400 e. The number of hydrogen-bond donors (Lipinski definition) is 1. The zero-order chi connectivity index (χ0) is 10.8. The number of rotatable bonds is 0. The molecule has 0 spiro atoms. The minimum atomic E-state index is 0. The third-order valence-electron chi connectivity index (χ3n) is 1.66. The molecule has 0 heterocycles. The fourth-order valence-electron chi connectivity index (χ4n) is 0.940. The van der Waals surface area contributed by atoms with E-state index in [4.69, 9.17) is 5.11 Å². The van der Waals surface area contributed by atoms with E-state index in [9.17, 15) is 0 Å². The second kappa shape index (κ2) is 14.5. The summed E-state index contributed by atoms with van der Waals surface area (Å²) in [6.45, 7) is 4.17. The zero-order valence-corrected chi connectivity index (χ0v) is 14.2. The van der Waals surface area contributed by atoms with Crippen LogP contribution in [0.5, 0.6) is 0 Å². The Morgan fingerprint density at radius 1 is 0.875 bits per heavy atom. The molecule has 2 aromatic carbocycles. The van der Waals surface area contributed by atoms with Gasteiger partial charge < -0.3 is 12.5 Å². The van der Waals surface area contributed by atoms with Gasteiger partial charge in [-0.05, 0) is 0 Å². The van der Waals surface area contributed by atoms with Crippen LogP contribution in [0.4, 0.5) is 0 Å². The van der Waals surface area contributed by atoms with Crippen molar-refractivity contribution >= 4 is 0 Å².